The molecule has 1 unspecified atom stereocenters. The topological polar surface area (TPSA) is 72.7 Å². The van der Waals surface area contributed by atoms with Crippen molar-refractivity contribution in [2.75, 3.05) is 5.32 Å². The fourth-order valence-corrected chi connectivity index (χ4v) is 3.02. The van der Waals surface area contributed by atoms with Gasteiger partial charge in [0.05, 0.1) is 10.9 Å². The Morgan fingerprint density at radius 3 is 2.62 bits per heavy atom. The van der Waals surface area contributed by atoms with E-state index < -0.39 is 22.8 Å². The minimum atomic E-state index is -0.825. The molecule has 2 aromatic heterocycles. The highest BCUT2D eigenvalue weighted by molar-refractivity contribution is 8.00. The van der Waals surface area contributed by atoms with Gasteiger partial charge in [0.2, 0.25) is 5.91 Å². The van der Waals surface area contributed by atoms with Crippen LogP contribution < -0.4 is 5.32 Å². The molecule has 0 bridgehead atoms. The van der Waals surface area contributed by atoms with Crippen LogP contribution in [0.5, 0.6) is 0 Å². The van der Waals surface area contributed by atoms with Crippen molar-refractivity contribution in [3.05, 3.63) is 54.4 Å². The van der Waals surface area contributed by atoms with Gasteiger partial charge in [0, 0.05) is 31.1 Å². The normalized spacial score (nSPS) is 12.0. The Morgan fingerprint density at radius 2 is 1.92 bits per heavy atom. The highest BCUT2D eigenvalue weighted by Crippen LogP contribution is 2.26. The lowest BCUT2D eigenvalue weighted by atomic mass is 10.2. The van der Waals surface area contributed by atoms with Crippen molar-refractivity contribution in [3.63, 3.8) is 0 Å². The number of pyridine rings is 1. The number of carbonyl (C=O) groups excluding carboxylic acids is 1. The van der Waals surface area contributed by atoms with E-state index in [1.165, 1.54) is 17.8 Å². The number of thioether (sulfide) groups is 1. The number of amides is 1. The zero-order valence-corrected chi connectivity index (χ0v) is 14.8. The summed E-state index contributed by atoms with van der Waals surface area (Å²) in [5, 5.41) is 10.7. The van der Waals surface area contributed by atoms with Crippen molar-refractivity contribution in [2.24, 2.45) is 7.05 Å². The summed E-state index contributed by atoms with van der Waals surface area (Å²) in [5.41, 5.74) is 0.784. The molecular weight excluding hydrogens is 360 g/mol. The quantitative estimate of drug-likeness (QED) is 0.693. The van der Waals surface area contributed by atoms with Gasteiger partial charge in [0.1, 0.15) is 11.6 Å². The standard InChI is InChI=1S/C17H15F2N5OS/c1-10(16(25)21-14-4-3-12(18)9-13(14)19)26-17-23-22-15(24(17)2)11-5-7-20-8-6-11/h3-10H,1-2H3,(H,21,25). The van der Waals surface area contributed by atoms with Crippen molar-refractivity contribution in [3.8, 4) is 11.4 Å². The summed E-state index contributed by atoms with van der Waals surface area (Å²) in [4.78, 5) is 16.2. The molecule has 6 nitrogen and oxygen atoms in total. The van der Waals surface area contributed by atoms with Gasteiger partial charge in [-0.15, -0.1) is 10.2 Å². The van der Waals surface area contributed by atoms with Gasteiger partial charge in [0.15, 0.2) is 11.0 Å². The van der Waals surface area contributed by atoms with Crippen molar-refractivity contribution in [2.45, 2.75) is 17.3 Å². The van der Waals surface area contributed by atoms with Crippen LogP contribution in [0.1, 0.15) is 6.92 Å². The van der Waals surface area contributed by atoms with Crippen LogP contribution in [-0.2, 0) is 11.8 Å². The third-order valence-corrected chi connectivity index (χ3v) is 4.75. The minimum Gasteiger partial charge on any atom is -0.323 e. The van der Waals surface area contributed by atoms with E-state index in [0.717, 1.165) is 17.7 Å². The number of anilines is 1. The summed E-state index contributed by atoms with van der Waals surface area (Å²) in [7, 11) is 1.79. The second-order valence-corrected chi connectivity index (χ2v) is 6.78. The van der Waals surface area contributed by atoms with Gasteiger partial charge in [0.25, 0.3) is 0 Å². The van der Waals surface area contributed by atoms with Crippen LogP contribution in [0.4, 0.5) is 14.5 Å². The van der Waals surface area contributed by atoms with Gasteiger partial charge in [-0.2, -0.15) is 0 Å². The molecule has 0 radical (unpaired) electrons. The van der Waals surface area contributed by atoms with Gasteiger partial charge < -0.3 is 9.88 Å². The van der Waals surface area contributed by atoms with Crippen LogP contribution in [0.25, 0.3) is 11.4 Å². The van der Waals surface area contributed by atoms with E-state index in [9.17, 15) is 13.6 Å². The SMILES string of the molecule is CC(Sc1nnc(-c2ccncc2)n1C)C(=O)Nc1ccc(F)cc1F. The summed E-state index contributed by atoms with van der Waals surface area (Å²) in [6, 6.07) is 6.61. The average molecular weight is 375 g/mol. The van der Waals surface area contributed by atoms with E-state index in [-0.39, 0.29) is 5.69 Å². The number of rotatable bonds is 5. The molecule has 9 heteroatoms. The molecule has 0 aliphatic heterocycles. The predicted octanol–water partition coefficient (Wildman–Crippen LogP) is 3.27. The molecule has 0 aliphatic rings. The third-order valence-electron chi connectivity index (χ3n) is 3.61. The Morgan fingerprint density at radius 1 is 1.19 bits per heavy atom. The van der Waals surface area contributed by atoms with Crippen molar-refractivity contribution < 1.29 is 13.6 Å². The molecule has 0 fully saturated rings. The van der Waals surface area contributed by atoms with Crippen LogP contribution in [-0.4, -0.2) is 30.9 Å². The molecule has 3 rings (SSSR count). The molecule has 1 atom stereocenters. The van der Waals surface area contributed by atoms with Crippen LogP contribution in [0.2, 0.25) is 0 Å². The number of nitrogens with zero attached hydrogens (tertiary/aromatic N) is 4. The highest BCUT2D eigenvalue weighted by atomic mass is 32.2. The minimum absolute atomic E-state index is 0.0701. The number of aromatic nitrogens is 4. The summed E-state index contributed by atoms with van der Waals surface area (Å²) in [6.45, 7) is 1.67. The van der Waals surface area contributed by atoms with Crippen LogP contribution in [0.3, 0.4) is 0 Å². The number of hydrogen-bond donors (Lipinski definition) is 1. The molecule has 1 aromatic carbocycles. The van der Waals surface area contributed by atoms with E-state index in [1.54, 1.807) is 30.9 Å². The fraction of sp³-hybridized carbons (Fsp3) is 0.176. The maximum absolute atomic E-state index is 13.7. The maximum atomic E-state index is 13.7. The van der Waals surface area contributed by atoms with E-state index in [0.29, 0.717) is 11.0 Å². The van der Waals surface area contributed by atoms with Crippen molar-refractivity contribution in [1.82, 2.24) is 19.7 Å². The van der Waals surface area contributed by atoms with Gasteiger partial charge in [-0.05, 0) is 31.2 Å². The average Bonchev–Trinajstić information content (AvgIpc) is 2.98. The van der Waals surface area contributed by atoms with Gasteiger partial charge in [-0.3, -0.25) is 9.78 Å². The number of halogens is 2. The monoisotopic (exact) mass is 375 g/mol. The molecule has 26 heavy (non-hydrogen) atoms. The molecule has 3 aromatic rings. The lowest BCUT2D eigenvalue weighted by molar-refractivity contribution is -0.115. The summed E-state index contributed by atoms with van der Waals surface area (Å²) >= 11 is 1.19. The first-order valence-electron chi connectivity index (χ1n) is 7.68. The zero-order valence-electron chi connectivity index (χ0n) is 14.0. The molecule has 2 heterocycles. The van der Waals surface area contributed by atoms with Crippen LogP contribution in [0.15, 0.2) is 47.9 Å². The Bertz CT molecular complexity index is 932. The molecular formula is C17H15F2N5OS. The fourth-order valence-electron chi connectivity index (χ4n) is 2.21. The van der Waals surface area contributed by atoms with E-state index in [2.05, 4.69) is 20.5 Å². The largest absolute Gasteiger partial charge is 0.323 e. The van der Waals surface area contributed by atoms with E-state index in [4.69, 9.17) is 0 Å². The zero-order chi connectivity index (χ0) is 18.7. The first-order valence-corrected chi connectivity index (χ1v) is 8.56. The Hall–Kier alpha value is -2.81. The van der Waals surface area contributed by atoms with E-state index in [1.807, 2.05) is 12.1 Å². The molecule has 0 saturated carbocycles. The summed E-state index contributed by atoms with van der Waals surface area (Å²) in [6.07, 6.45) is 3.31. The van der Waals surface area contributed by atoms with Gasteiger partial charge in [-0.1, -0.05) is 11.8 Å². The Kier molecular flexibility index (Phi) is 5.27. The Labute approximate surface area is 152 Å². The summed E-state index contributed by atoms with van der Waals surface area (Å²) in [5.74, 6) is -1.30. The molecule has 134 valence electrons. The second kappa shape index (κ2) is 7.61. The third kappa shape index (κ3) is 3.88. The number of benzene rings is 1. The van der Waals surface area contributed by atoms with Gasteiger partial charge in [-0.25, -0.2) is 8.78 Å². The Balaban J connectivity index is 1.71. The molecule has 1 amide bonds. The summed E-state index contributed by atoms with van der Waals surface area (Å²) < 4.78 is 28.4. The smallest absolute Gasteiger partial charge is 0.237 e. The highest BCUT2D eigenvalue weighted by Gasteiger charge is 2.20. The molecule has 1 N–H and O–H groups in total. The first-order chi connectivity index (χ1) is 12.5. The van der Waals surface area contributed by atoms with E-state index >= 15 is 0 Å². The van der Waals surface area contributed by atoms with Crippen molar-refractivity contribution in [1.29, 1.82) is 0 Å². The molecule has 0 saturated heterocycles. The first kappa shape index (κ1) is 18.0. The van der Waals surface area contributed by atoms with Crippen molar-refractivity contribution >= 4 is 23.4 Å². The number of hydrogen-bond acceptors (Lipinski definition) is 5. The lowest BCUT2D eigenvalue weighted by Gasteiger charge is -2.12. The van der Waals surface area contributed by atoms with Gasteiger partial charge >= 0.3 is 0 Å². The van der Waals surface area contributed by atoms with Crippen LogP contribution in [0, 0.1) is 11.6 Å². The second-order valence-electron chi connectivity index (χ2n) is 5.47. The van der Waals surface area contributed by atoms with Crippen LogP contribution >= 0.6 is 11.8 Å². The number of carbonyl (C=O) groups is 1. The maximum Gasteiger partial charge on any atom is 0.237 e. The molecule has 0 aliphatic carbocycles. The molecule has 0 spiro atoms. The predicted molar refractivity (Wildman–Crippen MR) is 94.5 cm³/mol. The number of nitrogens with one attached hydrogen (secondary N) is 1. The lowest BCUT2D eigenvalue weighted by Crippen LogP contribution is -2.23.